The van der Waals surface area contributed by atoms with E-state index >= 15 is 0 Å². The molecule has 1 heteroatoms. The van der Waals surface area contributed by atoms with Crippen molar-refractivity contribution in [2.45, 2.75) is 33.6 Å². The zero-order valence-electron chi connectivity index (χ0n) is 6.78. The van der Waals surface area contributed by atoms with Crippen molar-refractivity contribution in [1.82, 2.24) is 5.73 Å². The average molecular weight is 128 g/mol. The predicted octanol–water partition coefficient (Wildman–Crippen LogP) is 2.34. The van der Waals surface area contributed by atoms with Crippen molar-refractivity contribution in [1.29, 1.82) is 0 Å². The molecule has 0 aliphatic heterocycles. The van der Waals surface area contributed by atoms with Gasteiger partial charge in [-0.05, 0) is 11.8 Å². The monoisotopic (exact) mass is 128 g/mol. The summed E-state index contributed by atoms with van der Waals surface area (Å²) in [4.78, 5) is 0. The van der Waals surface area contributed by atoms with Gasteiger partial charge in [-0.3, -0.25) is 5.73 Å². The van der Waals surface area contributed by atoms with Crippen LogP contribution in [0.3, 0.4) is 0 Å². The first-order valence-electron chi connectivity index (χ1n) is 3.87. The molecule has 0 heterocycles. The molecule has 0 fully saturated rings. The van der Waals surface area contributed by atoms with Crippen LogP contribution < -0.4 is 5.73 Å². The van der Waals surface area contributed by atoms with Crippen LogP contribution in [0.4, 0.5) is 0 Å². The van der Waals surface area contributed by atoms with Gasteiger partial charge in [0, 0.05) is 6.54 Å². The Bertz CT molecular complexity index is 61.6. The molecule has 0 aliphatic carbocycles. The van der Waals surface area contributed by atoms with E-state index in [1.54, 1.807) is 0 Å². The van der Waals surface area contributed by atoms with Crippen LogP contribution in [-0.4, -0.2) is 6.54 Å². The van der Waals surface area contributed by atoms with Crippen LogP contribution in [0.1, 0.15) is 33.6 Å². The molecule has 9 heavy (non-hydrogen) atoms. The molecule has 2 unspecified atom stereocenters. The van der Waals surface area contributed by atoms with Crippen LogP contribution in [0.25, 0.3) is 0 Å². The summed E-state index contributed by atoms with van der Waals surface area (Å²) in [5, 5.41) is 0. The van der Waals surface area contributed by atoms with Gasteiger partial charge in [-0.25, -0.2) is 0 Å². The standard InChI is InChI=1S/C8H18N/c1-4-5-7(2)8(3)6-9/h7-9H,4-6H2,1-3H3. The van der Waals surface area contributed by atoms with Gasteiger partial charge in [0.25, 0.3) is 0 Å². The Hall–Kier alpha value is -0.0400. The molecule has 0 spiro atoms. The smallest absolute Gasteiger partial charge is 0.0128 e. The SMILES string of the molecule is CCCC(C)C(C)C[NH]. The molecule has 0 rings (SSSR count). The minimum absolute atomic E-state index is 0.584. The average Bonchev–Trinajstić information content (AvgIpc) is 1.87. The van der Waals surface area contributed by atoms with E-state index in [1.165, 1.54) is 12.8 Å². The molecule has 0 aromatic rings. The van der Waals surface area contributed by atoms with Crippen molar-refractivity contribution in [2.24, 2.45) is 11.8 Å². The minimum atomic E-state index is 0.584. The molecule has 0 saturated carbocycles. The maximum atomic E-state index is 7.12. The second-order valence-electron chi connectivity index (χ2n) is 2.95. The molecule has 0 aliphatic rings. The highest BCUT2D eigenvalue weighted by molar-refractivity contribution is 4.60. The van der Waals surface area contributed by atoms with Gasteiger partial charge >= 0.3 is 0 Å². The van der Waals surface area contributed by atoms with Gasteiger partial charge in [0.2, 0.25) is 0 Å². The topological polar surface area (TPSA) is 23.8 Å². The lowest BCUT2D eigenvalue weighted by atomic mass is 9.92. The third kappa shape index (κ3) is 3.52. The van der Waals surface area contributed by atoms with Crippen molar-refractivity contribution in [3.05, 3.63) is 0 Å². The van der Waals surface area contributed by atoms with Crippen molar-refractivity contribution in [3.8, 4) is 0 Å². The molecule has 0 aromatic heterocycles. The molecular weight excluding hydrogens is 110 g/mol. The van der Waals surface area contributed by atoms with Gasteiger partial charge < -0.3 is 0 Å². The van der Waals surface area contributed by atoms with Crippen LogP contribution in [0.2, 0.25) is 0 Å². The molecule has 55 valence electrons. The van der Waals surface area contributed by atoms with Crippen LogP contribution in [0.15, 0.2) is 0 Å². The number of nitrogens with one attached hydrogen (secondary N) is 1. The highest BCUT2D eigenvalue weighted by atomic mass is 14.5. The molecule has 1 nitrogen and oxygen atoms in total. The molecule has 2 atom stereocenters. The zero-order chi connectivity index (χ0) is 7.28. The lowest BCUT2D eigenvalue weighted by molar-refractivity contribution is 0.366. The lowest BCUT2D eigenvalue weighted by Crippen LogP contribution is -2.12. The van der Waals surface area contributed by atoms with E-state index in [2.05, 4.69) is 20.8 Å². The summed E-state index contributed by atoms with van der Waals surface area (Å²) in [6.07, 6.45) is 2.53. The number of rotatable bonds is 4. The molecule has 0 bridgehead atoms. The van der Waals surface area contributed by atoms with Crippen molar-refractivity contribution < 1.29 is 0 Å². The molecule has 0 amide bonds. The lowest BCUT2D eigenvalue weighted by Gasteiger charge is -2.15. The summed E-state index contributed by atoms with van der Waals surface area (Å²) in [6, 6.07) is 0. The van der Waals surface area contributed by atoms with Crippen LogP contribution in [0.5, 0.6) is 0 Å². The third-order valence-electron chi connectivity index (χ3n) is 2.04. The Morgan fingerprint density at radius 3 is 2.11 bits per heavy atom. The van der Waals surface area contributed by atoms with E-state index in [9.17, 15) is 0 Å². The van der Waals surface area contributed by atoms with E-state index in [0.717, 1.165) is 5.92 Å². The fourth-order valence-electron chi connectivity index (χ4n) is 0.941. The van der Waals surface area contributed by atoms with Gasteiger partial charge in [0.1, 0.15) is 0 Å². The maximum absolute atomic E-state index is 7.12. The van der Waals surface area contributed by atoms with Crippen molar-refractivity contribution in [3.63, 3.8) is 0 Å². The van der Waals surface area contributed by atoms with Crippen LogP contribution in [0, 0.1) is 11.8 Å². The normalized spacial score (nSPS) is 17.3. The van der Waals surface area contributed by atoms with E-state index in [1.807, 2.05) is 0 Å². The van der Waals surface area contributed by atoms with E-state index in [0.29, 0.717) is 12.5 Å². The summed E-state index contributed by atoms with van der Waals surface area (Å²) in [7, 11) is 0. The summed E-state index contributed by atoms with van der Waals surface area (Å²) >= 11 is 0. The first-order chi connectivity index (χ1) is 4.22. The number of hydrogen-bond acceptors (Lipinski definition) is 0. The first-order valence-corrected chi connectivity index (χ1v) is 3.87. The molecule has 0 aromatic carbocycles. The van der Waals surface area contributed by atoms with Gasteiger partial charge in [-0.15, -0.1) is 0 Å². The third-order valence-corrected chi connectivity index (χ3v) is 2.04. The maximum Gasteiger partial charge on any atom is 0.0128 e. The second kappa shape index (κ2) is 4.80. The highest BCUT2D eigenvalue weighted by Gasteiger charge is 2.08. The zero-order valence-corrected chi connectivity index (χ0v) is 6.78. The van der Waals surface area contributed by atoms with Gasteiger partial charge in [-0.2, -0.15) is 0 Å². The molecule has 0 saturated heterocycles. The van der Waals surface area contributed by atoms with Gasteiger partial charge in [0.15, 0.2) is 0 Å². The Balaban J connectivity index is 3.32. The van der Waals surface area contributed by atoms with Gasteiger partial charge in [0.05, 0.1) is 0 Å². The van der Waals surface area contributed by atoms with Gasteiger partial charge in [-0.1, -0.05) is 33.6 Å². The van der Waals surface area contributed by atoms with Crippen molar-refractivity contribution in [2.75, 3.05) is 6.54 Å². The quantitative estimate of drug-likeness (QED) is 0.555. The Kier molecular flexibility index (Phi) is 4.78. The summed E-state index contributed by atoms with van der Waals surface area (Å²) in [6.45, 7) is 7.18. The Labute approximate surface area is 58.6 Å². The fourth-order valence-corrected chi connectivity index (χ4v) is 0.941. The summed E-state index contributed by atoms with van der Waals surface area (Å²) in [5.41, 5.74) is 7.12. The van der Waals surface area contributed by atoms with E-state index in [4.69, 9.17) is 5.73 Å². The molecular formula is C8H18N. The fraction of sp³-hybridized carbons (Fsp3) is 1.00. The Morgan fingerprint density at radius 1 is 1.22 bits per heavy atom. The largest absolute Gasteiger partial charge is 0.258 e. The highest BCUT2D eigenvalue weighted by Crippen LogP contribution is 2.14. The van der Waals surface area contributed by atoms with E-state index < -0.39 is 0 Å². The summed E-state index contributed by atoms with van der Waals surface area (Å²) in [5.74, 6) is 1.33. The van der Waals surface area contributed by atoms with Crippen LogP contribution >= 0.6 is 0 Å². The predicted molar refractivity (Wildman–Crippen MR) is 41.2 cm³/mol. The Morgan fingerprint density at radius 2 is 1.78 bits per heavy atom. The first kappa shape index (κ1) is 8.96. The second-order valence-corrected chi connectivity index (χ2v) is 2.95. The molecule has 1 N–H and O–H groups in total. The van der Waals surface area contributed by atoms with Crippen molar-refractivity contribution >= 4 is 0 Å². The minimum Gasteiger partial charge on any atom is -0.258 e. The van der Waals surface area contributed by atoms with Crippen LogP contribution in [-0.2, 0) is 0 Å². The summed E-state index contributed by atoms with van der Waals surface area (Å²) < 4.78 is 0. The number of hydrogen-bond donors (Lipinski definition) is 0. The molecule has 1 radical (unpaired) electrons. The van der Waals surface area contributed by atoms with E-state index in [-0.39, 0.29) is 0 Å².